The standard InChI is InChI=1S/C10H14S/c1-10-6-4-3-5-8-11(2)9-7-10/h3-9,11H,1-2H3. The van der Waals surface area contributed by atoms with Crippen molar-refractivity contribution in [2.24, 2.45) is 0 Å². The first kappa shape index (κ1) is 8.41. The Bertz CT molecular complexity index is 231. The molecule has 1 aliphatic rings. The monoisotopic (exact) mass is 166 g/mol. The van der Waals surface area contributed by atoms with E-state index in [1.807, 2.05) is 0 Å². The average Bonchev–Trinajstić information content (AvgIpc) is 2.06. The molecule has 1 heteroatoms. The van der Waals surface area contributed by atoms with Crippen LogP contribution in [0.5, 0.6) is 0 Å². The van der Waals surface area contributed by atoms with Crippen LogP contribution in [0.2, 0.25) is 0 Å². The van der Waals surface area contributed by atoms with Gasteiger partial charge in [-0.25, -0.2) is 10.9 Å². The van der Waals surface area contributed by atoms with E-state index in [2.05, 4.69) is 54.4 Å². The molecule has 11 heavy (non-hydrogen) atoms. The molecule has 1 rings (SSSR count). The van der Waals surface area contributed by atoms with Gasteiger partial charge in [0.05, 0.1) is 0 Å². The molecule has 0 aromatic carbocycles. The minimum Gasteiger partial charge on any atom is -0.216 e. The third-order valence-electron chi connectivity index (χ3n) is 1.48. The fourth-order valence-electron chi connectivity index (χ4n) is 0.797. The van der Waals surface area contributed by atoms with Crippen LogP contribution in [0.1, 0.15) is 6.92 Å². The van der Waals surface area contributed by atoms with Gasteiger partial charge in [0.15, 0.2) is 0 Å². The Balaban J connectivity index is 2.81. The summed E-state index contributed by atoms with van der Waals surface area (Å²) < 4.78 is 0. The molecule has 0 aromatic rings. The average molecular weight is 166 g/mol. The van der Waals surface area contributed by atoms with Gasteiger partial charge in [0.1, 0.15) is 0 Å². The van der Waals surface area contributed by atoms with E-state index in [0.29, 0.717) is 0 Å². The molecule has 0 saturated heterocycles. The fraction of sp³-hybridized carbons (Fsp3) is 0.200. The van der Waals surface area contributed by atoms with Crippen LogP contribution >= 0.6 is 10.9 Å². The Morgan fingerprint density at radius 3 is 2.73 bits per heavy atom. The van der Waals surface area contributed by atoms with Crippen molar-refractivity contribution in [1.82, 2.24) is 0 Å². The van der Waals surface area contributed by atoms with Crippen LogP contribution in [0.25, 0.3) is 0 Å². The van der Waals surface area contributed by atoms with Gasteiger partial charge in [0, 0.05) is 0 Å². The lowest BCUT2D eigenvalue weighted by atomic mass is 10.3. The summed E-state index contributed by atoms with van der Waals surface area (Å²) in [6.45, 7) is 2.12. The molecule has 0 spiro atoms. The zero-order valence-corrected chi connectivity index (χ0v) is 7.88. The first-order valence-corrected chi connectivity index (χ1v) is 5.63. The molecule has 1 unspecified atom stereocenters. The molecule has 1 atom stereocenters. The maximum absolute atomic E-state index is 2.27. The molecule has 0 saturated carbocycles. The van der Waals surface area contributed by atoms with Crippen LogP contribution < -0.4 is 0 Å². The van der Waals surface area contributed by atoms with Crippen molar-refractivity contribution in [1.29, 1.82) is 0 Å². The van der Waals surface area contributed by atoms with Crippen LogP contribution in [-0.4, -0.2) is 6.26 Å². The summed E-state index contributed by atoms with van der Waals surface area (Å²) in [5, 5.41) is 4.51. The third-order valence-corrected chi connectivity index (χ3v) is 2.74. The van der Waals surface area contributed by atoms with Crippen molar-refractivity contribution in [3.05, 3.63) is 46.8 Å². The van der Waals surface area contributed by atoms with E-state index in [0.717, 1.165) is 0 Å². The quantitative estimate of drug-likeness (QED) is 0.525. The largest absolute Gasteiger partial charge is 0.216 e. The number of allylic oxidation sites excluding steroid dienone is 6. The molecule has 0 N–H and O–H groups in total. The Hall–Kier alpha value is -0.690. The number of thiol groups is 1. The Labute approximate surface area is 71.4 Å². The molecule has 0 bridgehead atoms. The first-order valence-electron chi connectivity index (χ1n) is 3.71. The van der Waals surface area contributed by atoms with Crippen molar-refractivity contribution in [3.63, 3.8) is 0 Å². The Kier molecular flexibility index (Phi) is 3.24. The molecule has 0 aliphatic carbocycles. The molecule has 0 radical (unpaired) electrons. The van der Waals surface area contributed by atoms with Crippen molar-refractivity contribution in [3.8, 4) is 0 Å². The second-order valence-electron chi connectivity index (χ2n) is 2.62. The van der Waals surface area contributed by atoms with Crippen molar-refractivity contribution in [2.75, 3.05) is 6.26 Å². The second-order valence-corrected chi connectivity index (χ2v) is 4.55. The molecule has 60 valence electrons. The zero-order chi connectivity index (χ0) is 8.10. The van der Waals surface area contributed by atoms with Crippen molar-refractivity contribution < 1.29 is 0 Å². The summed E-state index contributed by atoms with van der Waals surface area (Å²) in [4.78, 5) is 0. The molecule has 0 amide bonds. The van der Waals surface area contributed by atoms with Gasteiger partial charge in [-0.2, -0.15) is 0 Å². The summed E-state index contributed by atoms with van der Waals surface area (Å²) in [5.74, 6) is 0. The van der Waals surface area contributed by atoms with Gasteiger partial charge in [-0.1, -0.05) is 36.0 Å². The van der Waals surface area contributed by atoms with E-state index in [1.165, 1.54) is 5.57 Å². The maximum Gasteiger partial charge on any atom is -0.0302 e. The summed E-state index contributed by atoms with van der Waals surface area (Å²) in [6, 6.07) is 0. The van der Waals surface area contributed by atoms with Crippen molar-refractivity contribution >= 4 is 10.9 Å². The maximum atomic E-state index is 2.27. The molecular weight excluding hydrogens is 152 g/mol. The van der Waals surface area contributed by atoms with E-state index in [-0.39, 0.29) is 10.9 Å². The van der Waals surface area contributed by atoms with Gasteiger partial charge < -0.3 is 0 Å². The number of rotatable bonds is 0. The highest BCUT2D eigenvalue weighted by molar-refractivity contribution is 8.21. The van der Waals surface area contributed by atoms with Gasteiger partial charge in [-0.15, -0.1) is 0 Å². The first-order chi connectivity index (χ1) is 5.29. The molecule has 0 aromatic heterocycles. The van der Waals surface area contributed by atoms with Crippen LogP contribution in [-0.2, 0) is 0 Å². The van der Waals surface area contributed by atoms with Gasteiger partial charge in [-0.3, -0.25) is 0 Å². The van der Waals surface area contributed by atoms with Crippen molar-refractivity contribution in [2.45, 2.75) is 6.92 Å². The predicted molar refractivity (Wildman–Crippen MR) is 56.1 cm³/mol. The van der Waals surface area contributed by atoms with E-state index < -0.39 is 0 Å². The van der Waals surface area contributed by atoms with E-state index in [1.54, 1.807) is 0 Å². The smallest absolute Gasteiger partial charge is 0.0302 e. The highest BCUT2D eigenvalue weighted by Crippen LogP contribution is 2.24. The van der Waals surface area contributed by atoms with Crippen LogP contribution in [0.3, 0.4) is 0 Å². The summed E-state index contributed by atoms with van der Waals surface area (Å²) in [5.41, 5.74) is 1.32. The normalized spacial score (nSPS) is 27.1. The fourth-order valence-corrected chi connectivity index (χ4v) is 1.74. The zero-order valence-electron chi connectivity index (χ0n) is 6.99. The molecule has 1 heterocycles. The minimum atomic E-state index is -0.0322. The Morgan fingerprint density at radius 2 is 1.91 bits per heavy atom. The Morgan fingerprint density at radius 1 is 1.09 bits per heavy atom. The number of hydrogen-bond donors (Lipinski definition) is 1. The number of hydrogen-bond acceptors (Lipinski definition) is 0. The lowest BCUT2D eigenvalue weighted by molar-refractivity contribution is 1.53. The van der Waals surface area contributed by atoms with Gasteiger partial charge in [0.2, 0.25) is 0 Å². The van der Waals surface area contributed by atoms with E-state index >= 15 is 0 Å². The third kappa shape index (κ3) is 3.28. The van der Waals surface area contributed by atoms with E-state index in [4.69, 9.17) is 0 Å². The highest BCUT2D eigenvalue weighted by Gasteiger charge is 1.85. The van der Waals surface area contributed by atoms with Gasteiger partial charge in [0.25, 0.3) is 0 Å². The minimum absolute atomic E-state index is 0.0322. The summed E-state index contributed by atoms with van der Waals surface area (Å²) in [7, 11) is -0.0322. The lowest BCUT2D eigenvalue weighted by Crippen LogP contribution is -1.65. The van der Waals surface area contributed by atoms with E-state index in [9.17, 15) is 0 Å². The van der Waals surface area contributed by atoms with Gasteiger partial charge in [-0.05, 0) is 24.0 Å². The van der Waals surface area contributed by atoms with Crippen LogP contribution in [0.15, 0.2) is 46.8 Å². The van der Waals surface area contributed by atoms with Crippen LogP contribution in [0, 0.1) is 0 Å². The van der Waals surface area contributed by atoms with Gasteiger partial charge >= 0.3 is 0 Å². The highest BCUT2D eigenvalue weighted by atomic mass is 32.2. The molecule has 0 nitrogen and oxygen atoms in total. The summed E-state index contributed by atoms with van der Waals surface area (Å²) >= 11 is 0. The lowest BCUT2D eigenvalue weighted by Gasteiger charge is -2.00. The summed E-state index contributed by atoms with van der Waals surface area (Å²) in [6.07, 6.45) is 12.8. The second kappa shape index (κ2) is 4.24. The topological polar surface area (TPSA) is 0 Å². The SMILES string of the molecule is CC1=CC=CC=C[SH](C)C=C1. The van der Waals surface area contributed by atoms with Crippen LogP contribution in [0.4, 0.5) is 0 Å². The molecule has 0 fully saturated rings. The predicted octanol–water partition coefficient (Wildman–Crippen LogP) is 3.16. The molecular formula is C10H14S. The molecule has 1 aliphatic heterocycles.